The lowest BCUT2D eigenvalue weighted by Crippen LogP contribution is -2.35. The normalized spacial score (nSPS) is 12.7. The zero-order chi connectivity index (χ0) is 37.5. The van der Waals surface area contributed by atoms with Gasteiger partial charge in [-0.2, -0.15) is 0 Å². The van der Waals surface area contributed by atoms with Gasteiger partial charge in [0.15, 0.2) is 0 Å². The van der Waals surface area contributed by atoms with E-state index in [1.807, 2.05) is 48.5 Å². The molecule has 52 heavy (non-hydrogen) atoms. The van der Waals surface area contributed by atoms with E-state index in [2.05, 4.69) is 38.3 Å². The van der Waals surface area contributed by atoms with Crippen LogP contribution in [0.1, 0.15) is 143 Å². The lowest BCUT2D eigenvalue weighted by Gasteiger charge is -2.15. The number of aliphatic hydroxyl groups is 2. The third-order valence-electron chi connectivity index (χ3n) is 9.13. The van der Waals surface area contributed by atoms with Gasteiger partial charge in [0.2, 0.25) is 0 Å². The van der Waals surface area contributed by atoms with Crippen molar-refractivity contribution in [1.82, 2.24) is 10.6 Å². The van der Waals surface area contributed by atoms with Crippen molar-refractivity contribution in [3.8, 4) is 23.0 Å². The molecule has 0 amide bonds. The van der Waals surface area contributed by atoms with Gasteiger partial charge in [0.25, 0.3) is 0 Å². The van der Waals surface area contributed by atoms with E-state index in [9.17, 15) is 10.2 Å². The maximum atomic E-state index is 9.98. The van der Waals surface area contributed by atoms with E-state index in [0.717, 1.165) is 49.1 Å². The Labute approximate surface area is 317 Å². The molecule has 0 aliphatic rings. The SMILES string of the molecule is CC(C)NC[C@H](O)COc1ccc(OCCCCCCCCCCCCCCCCCCCCOc2ccc(OC[C@@H](O)CNC(C)C)cc2)cc1. The standard InChI is InChI=1S/C44H76N2O6/c1-37(2)45-33-39(47)35-51-43-27-23-41(24-28-43)49-31-21-19-17-15-13-11-9-7-5-6-8-10-12-14-16-18-20-22-32-50-42-25-29-44(30-26-42)52-36-40(48)34-46-38(3)4/h23-30,37-40,45-48H,5-22,31-36H2,1-4H3/t39-,40-/m0/s1. The van der Waals surface area contributed by atoms with Crippen molar-refractivity contribution in [3.63, 3.8) is 0 Å². The molecular weight excluding hydrogens is 652 g/mol. The first-order chi connectivity index (χ1) is 25.3. The second-order valence-electron chi connectivity index (χ2n) is 15.1. The molecule has 0 aliphatic carbocycles. The first kappa shape index (κ1) is 45.6. The second kappa shape index (κ2) is 30.9. The topological polar surface area (TPSA) is 101 Å². The van der Waals surface area contributed by atoms with Gasteiger partial charge < -0.3 is 39.8 Å². The van der Waals surface area contributed by atoms with E-state index in [4.69, 9.17) is 18.9 Å². The van der Waals surface area contributed by atoms with Gasteiger partial charge in [0.05, 0.1) is 13.2 Å². The molecule has 298 valence electrons. The van der Waals surface area contributed by atoms with Crippen LogP contribution in [0.2, 0.25) is 0 Å². The first-order valence-corrected chi connectivity index (χ1v) is 20.9. The van der Waals surface area contributed by atoms with Crippen LogP contribution in [0.15, 0.2) is 48.5 Å². The van der Waals surface area contributed by atoms with E-state index < -0.39 is 12.2 Å². The monoisotopic (exact) mass is 729 g/mol. The summed E-state index contributed by atoms with van der Waals surface area (Å²) in [5.41, 5.74) is 0. The van der Waals surface area contributed by atoms with E-state index in [-0.39, 0.29) is 13.2 Å². The molecule has 0 aliphatic heterocycles. The predicted octanol–water partition coefficient (Wildman–Crippen LogP) is 9.64. The Balaban J connectivity index is 1.27. The lowest BCUT2D eigenvalue weighted by atomic mass is 10.0. The van der Waals surface area contributed by atoms with Gasteiger partial charge in [-0.05, 0) is 61.4 Å². The summed E-state index contributed by atoms with van der Waals surface area (Å²) in [6, 6.07) is 16.1. The minimum Gasteiger partial charge on any atom is -0.494 e. The fourth-order valence-corrected chi connectivity index (χ4v) is 5.92. The minimum absolute atomic E-state index is 0.280. The largest absolute Gasteiger partial charge is 0.494 e. The number of rotatable bonds is 35. The minimum atomic E-state index is -0.519. The van der Waals surface area contributed by atoms with Crippen LogP contribution in [-0.2, 0) is 0 Å². The highest BCUT2D eigenvalue weighted by Crippen LogP contribution is 2.20. The molecule has 0 saturated carbocycles. The third kappa shape index (κ3) is 26.3. The van der Waals surface area contributed by atoms with Crippen LogP contribution in [0.4, 0.5) is 0 Å². The van der Waals surface area contributed by atoms with Crippen molar-refractivity contribution in [2.75, 3.05) is 39.5 Å². The molecule has 2 rings (SSSR count). The summed E-state index contributed by atoms with van der Waals surface area (Å²) in [5.74, 6) is 3.25. The van der Waals surface area contributed by atoms with E-state index in [1.54, 1.807) is 0 Å². The van der Waals surface area contributed by atoms with Crippen molar-refractivity contribution < 1.29 is 29.2 Å². The molecule has 2 atom stereocenters. The summed E-state index contributed by atoms with van der Waals surface area (Å²) in [6.45, 7) is 11.4. The Morgan fingerprint density at radius 1 is 0.385 bits per heavy atom. The molecule has 0 radical (unpaired) electrons. The number of unbranched alkanes of at least 4 members (excludes halogenated alkanes) is 17. The van der Waals surface area contributed by atoms with Gasteiger partial charge in [0.1, 0.15) is 48.4 Å². The summed E-state index contributed by atoms with van der Waals surface area (Å²) in [6.07, 6.45) is 22.8. The molecule has 8 nitrogen and oxygen atoms in total. The molecule has 0 spiro atoms. The molecule has 2 aromatic rings. The Morgan fingerprint density at radius 2 is 0.615 bits per heavy atom. The van der Waals surface area contributed by atoms with Crippen molar-refractivity contribution in [3.05, 3.63) is 48.5 Å². The van der Waals surface area contributed by atoms with Crippen molar-refractivity contribution in [1.29, 1.82) is 0 Å². The summed E-state index contributed by atoms with van der Waals surface area (Å²) in [7, 11) is 0. The van der Waals surface area contributed by atoms with Crippen LogP contribution in [0, 0.1) is 0 Å². The van der Waals surface area contributed by atoms with Gasteiger partial charge in [-0.1, -0.05) is 130 Å². The molecule has 0 unspecified atom stereocenters. The fraction of sp³-hybridized carbons (Fsp3) is 0.727. The maximum Gasteiger partial charge on any atom is 0.119 e. The van der Waals surface area contributed by atoms with Crippen LogP contribution >= 0.6 is 0 Å². The average Bonchev–Trinajstić information content (AvgIpc) is 3.14. The molecule has 0 heterocycles. The van der Waals surface area contributed by atoms with Crippen molar-refractivity contribution in [2.45, 2.75) is 168 Å². The molecule has 0 bridgehead atoms. The maximum absolute atomic E-state index is 9.98. The zero-order valence-corrected chi connectivity index (χ0v) is 33.4. The van der Waals surface area contributed by atoms with Crippen LogP contribution in [0.25, 0.3) is 0 Å². The highest BCUT2D eigenvalue weighted by molar-refractivity contribution is 5.32. The van der Waals surface area contributed by atoms with Crippen LogP contribution in [0.3, 0.4) is 0 Å². The summed E-state index contributed by atoms with van der Waals surface area (Å²) >= 11 is 0. The summed E-state index contributed by atoms with van der Waals surface area (Å²) < 4.78 is 23.1. The lowest BCUT2D eigenvalue weighted by molar-refractivity contribution is 0.104. The van der Waals surface area contributed by atoms with Gasteiger partial charge in [-0.15, -0.1) is 0 Å². The Kier molecular flexibility index (Phi) is 27.1. The molecule has 4 N–H and O–H groups in total. The number of nitrogens with one attached hydrogen (secondary N) is 2. The van der Waals surface area contributed by atoms with Crippen molar-refractivity contribution >= 4 is 0 Å². The predicted molar refractivity (Wildman–Crippen MR) is 216 cm³/mol. The number of ether oxygens (including phenoxy) is 4. The Morgan fingerprint density at radius 3 is 0.865 bits per heavy atom. The third-order valence-corrected chi connectivity index (χ3v) is 9.13. The van der Waals surface area contributed by atoms with Crippen LogP contribution in [-0.4, -0.2) is 74.0 Å². The fourth-order valence-electron chi connectivity index (χ4n) is 5.92. The smallest absolute Gasteiger partial charge is 0.119 e. The van der Waals surface area contributed by atoms with Crippen LogP contribution < -0.4 is 29.6 Å². The molecule has 0 fully saturated rings. The summed E-state index contributed by atoms with van der Waals surface area (Å²) in [4.78, 5) is 0. The van der Waals surface area contributed by atoms with Crippen LogP contribution in [0.5, 0.6) is 23.0 Å². The van der Waals surface area contributed by atoms with Crippen molar-refractivity contribution in [2.24, 2.45) is 0 Å². The highest BCUT2D eigenvalue weighted by Gasteiger charge is 2.08. The van der Waals surface area contributed by atoms with Gasteiger partial charge in [-0.25, -0.2) is 0 Å². The molecular formula is C44H76N2O6. The second-order valence-corrected chi connectivity index (χ2v) is 15.1. The van der Waals surface area contributed by atoms with Gasteiger partial charge >= 0.3 is 0 Å². The quantitative estimate of drug-likeness (QED) is 0.0521. The molecule has 0 aromatic heterocycles. The molecule has 2 aromatic carbocycles. The zero-order valence-electron chi connectivity index (χ0n) is 33.4. The summed E-state index contributed by atoms with van der Waals surface area (Å²) in [5, 5.41) is 26.4. The first-order valence-electron chi connectivity index (χ1n) is 20.9. The number of hydrogen-bond donors (Lipinski definition) is 4. The number of aliphatic hydroxyl groups excluding tert-OH is 2. The molecule has 0 saturated heterocycles. The Hall–Kier alpha value is -2.52. The van der Waals surface area contributed by atoms with E-state index >= 15 is 0 Å². The number of hydrogen-bond acceptors (Lipinski definition) is 8. The average molecular weight is 729 g/mol. The van der Waals surface area contributed by atoms with Gasteiger partial charge in [-0.3, -0.25) is 0 Å². The Bertz CT molecular complexity index is 980. The van der Waals surface area contributed by atoms with E-state index in [0.29, 0.717) is 25.2 Å². The molecule has 8 heteroatoms. The number of benzene rings is 2. The van der Waals surface area contributed by atoms with Gasteiger partial charge in [0, 0.05) is 25.2 Å². The highest BCUT2D eigenvalue weighted by atomic mass is 16.5. The van der Waals surface area contributed by atoms with E-state index in [1.165, 1.54) is 103 Å².